The molecule has 0 aliphatic carbocycles. The van der Waals surface area contributed by atoms with Crippen molar-refractivity contribution in [1.82, 2.24) is 9.97 Å². The van der Waals surface area contributed by atoms with Gasteiger partial charge in [0, 0.05) is 5.56 Å². The SMILES string of the molecule is N#Cc1cccc(CCc2c(C(F)(F)F)nc[nH]c2=O)c1F. The first-order valence-electron chi connectivity index (χ1n) is 6.16. The van der Waals surface area contributed by atoms with Gasteiger partial charge in [0.1, 0.15) is 11.9 Å². The van der Waals surface area contributed by atoms with Gasteiger partial charge in [-0.1, -0.05) is 12.1 Å². The highest BCUT2D eigenvalue weighted by molar-refractivity contribution is 5.35. The van der Waals surface area contributed by atoms with Gasteiger partial charge >= 0.3 is 6.18 Å². The minimum Gasteiger partial charge on any atom is -0.313 e. The molecule has 4 nitrogen and oxygen atoms in total. The highest BCUT2D eigenvalue weighted by atomic mass is 19.4. The van der Waals surface area contributed by atoms with E-state index in [0.717, 1.165) is 0 Å². The molecular formula is C14H9F4N3O. The molecule has 0 spiro atoms. The summed E-state index contributed by atoms with van der Waals surface area (Å²) in [6, 6.07) is 5.69. The largest absolute Gasteiger partial charge is 0.433 e. The lowest BCUT2D eigenvalue weighted by Crippen LogP contribution is -2.23. The predicted molar refractivity (Wildman–Crippen MR) is 68.4 cm³/mol. The second-order valence-corrected chi connectivity index (χ2v) is 4.45. The smallest absolute Gasteiger partial charge is 0.313 e. The highest BCUT2D eigenvalue weighted by Gasteiger charge is 2.36. The van der Waals surface area contributed by atoms with Gasteiger partial charge in [-0.2, -0.15) is 18.4 Å². The molecule has 1 heterocycles. The van der Waals surface area contributed by atoms with E-state index in [4.69, 9.17) is 5.26 Å². The van der Waals surface area contributed by atoms with E-state index < -0.39 is 28.8 Å². The Morgan fingerprint density at radius 2 is 2.00 bits per heavy atom. The molecular weight excluding hydrogens is 302 g/mol. The predicted octanol–water partition coefficient (Wildman–Crippen LogP) is 2.58. The Kier molecular flexibility index (Phi) is 4.26. The molecule has 0 aliphatic heterocycles. The number of hydrogen-bond acceptors (Lipinski definition) is 3. The third-order valence-electron chi connectivity index (χ3n) is 3.06. The summed E-state index contributed by atoms with van der Waals surface area (Å²) >= 11 is 0. The maximum Gasteiger partial charge on any atom is 0.433 e. The molecule has 0 saturated carbocycles. The van der Waals surface area contributed by atoms with Gasteiger partial charge in [-0.25, -0.2) is 9.37 Å². The number of H-pyrrole nitrogens is 1. The first-order valence-corrected chi connectivity index (χ1v) is 6.16. The van der Waals surface area contributed by atoms with Crippen molar-refractivity contribution in [2.45, 2.75) is 19.0 Å². The summed E-state index contributed by atoms with van der Waals surface area (Å²) in [5.41, 5.74) is -2.90. The van der Waals surface area contributed by atoms with Gasteiger partial charge in [0.15, 0.2) is 5.69 Å². The summed E-state index contributed by atoms with van der Waals surface area (Å²) in [5.74, 6) is -0.793. The maximum atomic E-state index is 13.9. The number of benzene rings is 1. The lowest BCUT2D eigenvalue weighted by molar-refractivity contribution is -0.142. The average Bonchev–Trinajstić information content (AvgIpc) is 2.46. The summed E-state index contributed by atoms with van der Waals surface area (Å²) < 4.78 is 52.3. The van der Waals surface area contributed by atoms with Crippen molar-refractivity contribution >= 4 is 0 Å². The molecule has 1 aromatic carbocycles. The summed E-state index contributed by atoms with van der Waals surface area (Å²) in [5, 5.41) is 8.72. The normalized spacial score (nSPS) is 11.2. The van der Waals surface area contributed by atoms with Gasteiger partial charge in [0.2, 0.25) is 0 Å². The molecule has 2 rings (SSSR count). The van der Waals surface area contributed by atoms with Crippen molar-refractivity contribution in [1.29, 1.82) is 5.26 Å². The molecule has 1 aromatic heterocycles. The molecule has 0 aliphatic rings. The zero-order chi connectivity index (χ0) is 16.3. The van der Waals surface area contributed by atoms with E-state index in [2.05, 4.69) is 9.97 Å². The van der Waals surface area contributed by atoms with Crippen LogP contribution in [0.5, 0.6) is 0 Å². The molecule has 0 radical (unpaired) electrons. The van der Waals surface area contributed by atoms with Crippen LogP contribution >= 0.6 is 0 Å². The molecule has 0 atom stereocenters. The Bertz CT molecular complexity index is 790. The number of alkyl halides is 3. The Hall–Kier alpha value is -2.69. The number of rotatable bonds is 3. The number of nitriles is 1. The molecule has 114 valence electrons. The van der Waals surface area contributed by atoms with Gasteiger partial charge in [-0.05, 0) is 24.5 Å². The first-order chi connectivity index (χ1) is 10.3. The molecule has 8 heteroatoms. The summed E-state index contributed by atoms with van der Waals surface area (Å²) in [6.45, 7) is 0. The standard InChI is InChI=1S/C14H9F4N3O/c15-11-8(2-1-3-9(11)6-19)4-5-10-12(14(16,17)18)20-7-21-13(10)22/h1-3,7H,4-5H2,(H,20,21,22). The number of hydrogen-bond donors (Lipinski definition) is 1. The molecule has 0 unspecified atom stereocenters. The van der Waals surface area contributed by atoms with Gasteiger partial charge in [0.05, 0.1) is 11.9 Å². The molecule has 0 fully saturated rings. The van der Waals surface area contributed by atoms with Crippen LogP contribution in [0.2, 0.25) is 0 Å². The summed E-state index contributed by atoms with van der Waals surface area (Å²) in [7, 11) is 0. The molecule has 0 saturated heterocycles. The lowest BCUT2D eigenvalue weighted by Gasteiger charge is -2.10. The van der Waals surface area contributed by atoms with Crippen LogP contribution < -0.4 is 5.56 Å². The van der Waals surface area contributed by atoms with Crippen LogP contribution in [-0.4, -0.2) is 9.97 Å². The van der Waals surface area contributed by atoms with Crippen molar-refractivity contribution in [2.75, 3.05) is 0 Å². The van der Waals surface area contributed by atoms with Crippen LogP contribution in [0.15, 0.2) is 29.3 Å². The first kappa shape index (κ1) is 15.7. The van der Waals surface area contributed by atoms with E-state index in [1.54, 1.807) is 6.07 Å². The monoisotopic (exact) mass is 311 g/mol. The number of aromatic nitrogens is 2. The zero-order valence-corrected chi connectivity index (χ0v) is 11.0. The van der Waals surface area contributed by atoms with Crippen LogP contribution in [0, 0.1) is 17.1 Å². The number of halogens is 4. The van der Waals surface area contributed by atoms with Gasteiger partial charge in [0.25, 0.3) is 5.56 Å². The zero-order valence-electron chi connectivity index (χ0n) is 11.0. The third-order valence-corrected chi connectivity index (χ3v) is 3.06. The molecule has 0 bridgehead atoms. The Labute approximate surface area is 122 Å². The van der Waals surface area contributed by atoms with Crippen LogP contribution in [0.4, 0.5) is 17.6 Å². The number of nitrogens with zero attached hydrogens (tertiary/aromatic N) is 2. The Morgan fingerprint density at radius 3 is 2.64 bits per heavy atom. The highest BCUT2D eigenvalue weighted by Crippen LogP contribution is 2.29. The van der Waals surface area contributed by atoms with E-state index in [-0.39, 0.29) is 24.0 Å². The van der Waals surface area contributed by atoms with Gasteiger partial charge in [-0.3, -0.25) is 4.79 Å². The average molecular weight is 311 g/mol. The summed E-state index contributed by atoms with van der Waals surface area (Å²) in [4.78, 5) is 16.8. The molecule has 22 heavy (non-hydrogen) atoms. The van der Waals surface area contributed by atoms with Crippen LogP contribution in [-0.2, 0) is 19.0 Å². The molecule has 1 N–H and O–H groups in total. The number of aromatic amines is 1. The van der Waals surface area contributed by atoms with Crippen molar-refractivity contribution in [3.8, 4) is 6.07 Å². The Morgan fingerprint density at radius 1 is 1.27 bits per heavy atom. The fraction of sp³-hybridized carbons (Fsp3) is 0.214. The maximum absolute atomic E-state index is 13.9. The lowest BCUT2D eigenvalue weighted by atomic mass is 10.0. The van der Waals surface area contributed by atoms with E-state index >= 15 is 0 Å². The van der Waals surface area contributed by atoms with E-state index in [9.17, 15) is 22.4 Å². The fourth-order valence-electron chi connectivity index (χ4n) is 2.02. The van der Waals surface area contributed by atoms with Crippen molar-refractivity contribution in [3.05, 3.63) is 63.1 Å². The topological polar surface area (TPSA) is 69.5 Å². The van der Waals surface area contributed by atoms with E-state index in [1.807, 2.05) is 0 Å². The number of nitrogens with one attached hydrogen (secondary N) is 1. The second-order valence-electron chi connectivity index (χ2n) is 4.45. The van der Waals surface area contributed by atoms with Gasteiger partial charge in [-0.15, -0.1) is 0 Å². The van der Waals surface area contributed by atoms with E-state index in [0.29, 0.717) is 6.33 Å². The van der Waals surface area contributed by atoms with E-state index in [1.165, 1.54) is 18.2 Å². The summed E-state index contributed by atoms with van der Waals surface area (Å²) in [6.07, 6.45) is -4.59. The van der Waals surface area contributed by atoms with Crippen LogP contribution in [0.3, 0.4) is 0 Å². The fourth-order valence-corrected chi connectivity index (χ4v) is 2.02. The quantitative estimate of drug-likeness (QED) is 0.886. The van der Waals surface area contributed by atoms with Gasteiger partial charge < -0.3 is 4.98 Å². The molecule has 0 amide bonds. The third kappa shape index (κ3) is 3.14. The van der Waals surface area contributed by atoms with Crippen molar-refractivity contribution in [3.63, 3.8) is 0 Å². The minimum absolute atomic E-state index is 0.0652. The second kappa shape index (κ2) is 5.97. The van der Waals surface area contributed by atoms with Crippen LogP contribution in [0.25, 0.3) is 0 Å². The van der Waals surface area contributed by atoms with Crippen LogP contribution in [0.1, 0.15) is 22.4 Å². The minimum atomic E-state index is -4.77. The van der Waals surface area contributed by atoms with Crippen molar-refractivity contribution in [2.24, 2.45) is 0 Å². The Balaban J connectivity index is 2.34. The number of aryl methyl sites for hydroxylation is 1. The molecule has 2 aromatic rings. The van der Waals surface area contributed by atoms with Crippen molar-refractivity contribution < 1.29 is 17.6 Å².